The van der Waals surface area contributed by atoms with Gasteiger partial charge in [0.15, 0.2) is 0 Å². The summed E-state index contributed by atoms with van der Waals surface area (Å²) in [6.45, 7) is 2.91. The van der Waals surface area contributed by atoms with E-state index in [4.69, 9.17) is 0 Å². The standard InChI is InChI=1S/C11H13N3O3/c1-8-9(4-2-5-10(8)14(16)17)13-7-3-6-12-11(13)15/h2,4-5H,3,6-7H2,1H3,(H,12,15). The summed E-state index contributed by atoms with van der Waals surface area (Å²) in [5, 5.41) is 13.5. The van der Waals surface area contributed by atoms with Crippen molar-refractivity contribution in [3.05, 3.63) is 33.9 Å². The maximum atomic E-state index is 11.7. The van der Waals surface area contributed by atoms with E-state index in [0.717, 1.165) is 6.42 Å². The molecule has 2 amide bonds. The third-order valence-corrected chi connectivity index (χ3v) is 2.84. The molecular formula is C11H13N3O3. The van der Waals surface area contributed by atoms with E-state index in [0.29, 0.717) is 24.3 Å². The fourth-order valence-corrected chi connectivity index (χ4v) is 1.96. The van der Waals surface area contributed by atoms with Gasteiger partial charge in [-0.05, 0) is 19.4 Å². The molecule has 90 valence electrons. The summed E-state index contributed by atoms with van der Waals surface area (Å²) in [5.41, 5.74) is 1.17. The lowest BCUT2D eigenvalue weighted by molar-refractivity contribution is -0.385. The molecule has 0 spiro atoms. The average Bonchev–Trinajstić information content (AvgIpc) is 2.30. The van der Waals surface area contributed by atoms with Gasteiger partial charge in [-0.15, -0.1) is 0 Å². The van der Waals surface area contributed by atoms with Crippen LogP contribution in [0.3, 0.4) is 0 Å². The van der Waals surface area contributed by atoms with Crippen LogP contribution in [0.15, 0.2) is 18.2 Å². The number of nitro groups is 1. The Labute approximate surface area is 98.4 Å². The van der Waals surface area contributed by atoms with E-state index in [1.54, 1.807) is 24.0 Å². The van der Waals surface area contributed by atoms with E-state index in [9.17, 15) is 14.9 Å². The minimum Gasteiger partial charge on any atom is -0.338 e. The number of amides is 2. The predicted octanol–water partition coefficient (Wildman–Crippen LogP) is 1.82. The Balaban J connectivity index is 2.41. The van der Waals surface area contributed by atoms with Gasteiger partial charge in [0.05, 0.1) is 16.2 Å². The normalized spacial score (nSPS) is 15.6. The summed E-state index contributed by atoms with van der Waals surface area (Å²) in [6.07, 6.45) is 0.841. The molecule has 1 aromatic rings. The van der Waals surface area contributed by atoms with Crippen LogP contribution in [0.5, 0.6) is 0 Å². The highest BCUT2D eigenvalue weighted by Gasteiger charge is 2.23. The minimum atomic E-state index is -0.430. The molecule has 0 bridgehead atoms. The van der Waals surface area contributed by atoms with Crippen molar-refractivity contribution in [1.29, 1.82) is 0 Å². The van der Waals surface area contributed by atoms with Gasteiger partial charge >= 0.3 is 6.03 Å². The first kappa shape index (κ1) is 11.4. The number of carbonyl (C=O) groups is 1. The zero-order chi connectivity index (χ0) is 12.4. The van der Waals surface area contributed by atoms with E-state index in [1.807, 2.05) is 0 Å². The molecule has 1 aliphatic rings. The molecule has 17 heavy (non-hydrogen) atoms. The lowest BCUT2D eigenvalue weighted by Gasteiger charge is -2.28. The van der Waals surface area contributed by atoms with Crippen LogP contribution in [0.4, 0.5) is 16.2 Å². The van der Waals surface area contributed by atoms with Gasteiger partial charge < -0.3 is 5.32 Å². The molecule has 0 aromatic heterocycles. The van der Waals surface area contributed by atoms with Gasteiger partial charge in [0.2, 0.25) is 0 Å². The molecule has 1 aliphatic heterocycles. The number of anilines is 1. The number of nitrogens with zero attached hydrogens (tertiary/aromatic N) is 2. The van der Waals surface area contributed by atoms with Crippen LogP contribution in [0, 0.1) is 17.0 Å². The molecule has 0 saturated carbocycles. The van der Waals surface area contributed by atoms with Crippen LogP contribution in [0.2, 0.25) is 0 Å². The zero-order valence-electron chi connectivity index (χ0n) is 9.47. The van der Waals surface area contributed by atoms with Crippen molar-refractivity contribution in [3.8, 4) is 0 Å². The van der Waals surface area contributed by atoms with Gasteiger partial charge in [0.1, 0.15) is 0 Å². The van der Waals surface area contributed by atoms with Crippen molar-refractivity contribution in [2.24, 2.45) is 0 Å². The number of carbonyl (C=O) groups excluding carboxylic acids is 1. The molecular weight excluding hydrogens is 222 g/mol. The van der Waals surface area contributed by atoms with Crippen LogP contribution in [-0.2, 0) is 0 Å². The van der Waals surface area contributed by atoms with Crippen LogP contribution in [-0.4, -0.2) is 24.0 Å². The number of benzene rings is 1. The zero-order valence-corrected chi connectivity index (χ0v) is 9.47. The summed E-state index contributed by atoms with van der Waals surface area (Å²) in [5.74, 6) is 0. The first-order valence-corrected chi connectivity index (χ1v) is 5.40. The minimum absolute atomic E-state index is 0.0425. The van der Waals surface area contributed by atoms with Crippen molar-refractivity contribution in [2.45, 2.75) is 13.3 Å². The molecule has 1 aromatic carbocycles. The van der Waals surface area contributed by atoms with Crippen molar-refractivity contribution in [3.63, 3.8) is 0 Å². The second-order valence-corrected chi connectivity index (χ2v) is 3.92. The Morgan fingerprint density at radius 2 is 2.24 bits per heavy atom. The van der Waals surface area contributed by atoms with Gasteiger partial charge in [-0.25, -0.2) is 4.79 Å². The lowest BCUT2D eigenvalue weighted by Crippen LogP contribution is -2.46. The predicted molar refractivity (Wildman–Crippen MR) is 63.2 cm³/mol. The molecule has 2 rings (SSSR count). The summed E-state index contributed by atoms with van der Waals surface area (Å²) in [6, 6.07) is 4.58. The molecule has 0 aliphatic carbocycles. The van der Waals surface area contributed by atoms with Crippen LogP contribution < -0.4 is 10.2 Å². The Hall–Kier alpha value is -2.11. The molecule has 1 N–H and O–H groups in total. The number of rotatable bonds is 2. The van der Waals surface area contributed by atoms with E-state index >= 15 is 0 Å². The number of urea groups is 1. The fourth-order valence-electron chi connectivity index (χ4n) is 1.96. The van der Waals surface area contributed by atoms with E-state index in [-0.39, 0.29) is 11.7 Å². The Bertz CT molecular complexity index is 473. The third-order valence-electron chi connectivity index (χ3n) is 2.84. The molecule has 6 nitrogen and oxygen atoms in total. The molecule has 0 atom stereocenters. The summed E-state index contributed by atoms with van der Waals surface area (Å²) >= 11 is 0. The SMILES string of the molecule is Cc1c(N2CCCNC2=O)cccc1[N+](=O)[O-]. The highest BCUT2D eigenvalue weighted by atomic mass is 16.6. The summed E-state index contributed by atoms with van der Waals surface area (Å²) in [4.78, 5) is 23.6. The lowest BCUT2D eigenvalue weighted by atomic mass is 10.1. The highest BCUT2D eigenvalue weighted by Crippen LogP contribution is 2.28. The molecule has 6 heteroatoms. The highest BCUT2D eigenvalue weighted by molar-refractivity contribution is 5.94. The van der Waals surface area contributed by atoms with Crippen molar-refractivity contribution >= 4 is 17.4 Å². The second-order valence-electron chi connectivity index (χ2n) is 3.92. The van der Waals surface area contributed by atoms with E-state index < -0.39 is 4.92 Å². The van der Waals surface area contributed by atoms with E-state index in [1.165, 1.54) is 6.07 Å². The third kappa shape index (κ3) is 2.06. The summed E-state index contributed by atoms with van der Waals surface area (Å²) < 4.78 is 0. The smallest absolute Gasteiger partial charge is 0.321 e. The number of hydrogen-bond acceptors (Lipinski definition) is 3. The quantitative estimate of drug-likeness (QED) is 0.627. The van der Waals surface area contributed by atoms with Crippen LogP contribution >= 0.6 is 0 Å². The first-order valence-electron chi connectivity index (χ1n) is 5.40. The Morgan fingerprint density at radius 1 is 1.47 bits per heavy atom. The first-order chi connectivity index (χ1) is 8.11. The van der Waals surface area contributed by atoms with Crippen LogP contribution in [0.25, 0.3) is 0 Å². The fraction of sp³-hybridized carbons (Fsp3) is 0.364. The molecule has 1 heterocycles. The molecule has 1 fully saturated rings. The molecule has 0 radical (unpaired) electrons. The van der Waals surface area contributed by atoms with Gasteiger partial charge in [0, 0.05) is 19.2 Å². The van der Waals surface area contributed by atoms with Gasteiger partial charge in [-0.3, -0.25) is 15.0 Å². The monoisotopic (exact) mass is 235 g/mol. The Kier molecular flexibility index (Phi) is 2.95. The maximum Gasteiger partial charge on any atom is 0.321 e. The molecule has 1 saturated heterocycles. The van der Waals surface area contributed by atoms with Crippen molar-refractivity contribution < 1.29 is 9.72 Å². The van der Waals surface area contributed by atoms with E-state index in [2.05, 4.69) is 5.32 Å². The topological polar surface area (TPSA) is 75.5 Å². The van der Waals surface area contributed by atoms with Crippen LogP contribution in [0.1, 0.15) is 12.0 Å². The maximum absolute atomic E-state index is 11.7. The second kappa shape index (κ2) is 4.40. The largest absolute Gasteiger partial charge is 0.338 e. The van der Waals surface area contributed by atoms with Gasteiger partial charge in [-0.1, -0.05) is 6.07 Å². The van der Waals surface area contributed by atoms with Gasteiger partial charge in [0.25, 0.3) is 5.69 Å². The number of hydrogen-bond donors (Lipinski definition) is 1. The number of nitro benzene ring substituents is 1. The van der Waals surface area contributed by atoms with Crippen molar-refractivity contribution in [1.82, 2.24) is 5.32 Å². The summed E-state index contributed by atoms with van der Waals surface area (Å²) in [7, 11) is 0. The van der Waals surface area contributed by atoms with Crippen molar-refractivity contribution in [2.75, 3.05) is 18.0 Å². The van der Waals surface area contributed by atoms with Gasteiger partial charge in [-0.2, -0.15) is 0 Å². The average molecular weight is 235 g/mol. The Morgan fingerprint density at radius 3 is 2.88 bits per heavy atom. The number of nitrogens with one attached hydrogen (secondary N) is 1. The molecule has 0 unspecified atom stereocenters.